The van der Waals surface area contributed by atoms with Gasteiger partial charge in [0.25, 0.3) is 5.91 Å². The fourth-order valence-corrected chi connectivity index (χ4v) is 4.48. The van der Waals surface area contributed by atoms with E-state index in [1.54, 1.807) is 0 Å². The summed E-state index contributed by atoms with van der Waals surface area (Å²) >= 11 is 0. The van der Waals surface area contributed by atoms with Gasteiger partial charge in [0, 0.05) is 22.2 Å². The molecule has 3 aliphatic rings. The van der Waals surface area contributed by atoms with Gasteiger partial charge in [0.15, 0.2) is 5.43 Å². The Hall–Kier alpha value is -2.56. The molecule has 0 spiro atoms. The van der Waals surface area contributed by atoms with Crippen LogP contribution < -0.4 is 5.43 Å². The Kier molecular flexibility index (Phi) is 2.72. The molecule has 1 aromatic heterocycles. The number of nitrogens with zero attached hydrogens (tertiary/aromatic N) is 1. The first-order valence-electron chi connectivity index (χ1n) is 8.43. The van der Waals surface area contributed by atoms with Gasteiger partial charge in [-0.3, -0.25) is 9.59 Å². The van der Waals surface area contributed by atoms with Gasteiger partial charge in [-0.25, -0.2) is 0 Å². The van der Waals surface area contributed by atoms with Crippen LogP contribution in [-0.4, -0.2) is 22.4 Å². The lowest BCUT2D eigenvalue weighted by Gasteiger charge is -2.39. The molecule has 3 aliphatic heterocycles. The van der Waals surface area contributed by atoms with Crippen molar-refractivity contribution in [2.24, 2.45) is 5.92 Å². The third-order valence-corrected chi connectivity index (χ3v) is 5.65. The molecule has 1 fully saturated rings. The van der Waals surface area contributed by atoms with Gasteiger partial charge in [0.1, 0.15) is 5.76 Å². The first-order valence-corrected chi connectivity index (χ1v) is 8.43. The maximum atomic E-state index is 13.0. The first-order chi connectivity index (χ1) is 11.6. The highest BCUT2D eigenvalue weighted by atomic mass is 16.5. The fourth-order valence-electron chi connectivity index (χ4n) is 4.48. The number of allylic oxidation sites excluding steroid dienone is 1. The van der Waals surface area contributed by atoms with Gasteiger partial charge in [0.05, 0.1) is 24.8 Å². The number of pyridine rings is 1. The van der Waals surface area contributed by atoms with Gasteiger partial charge in [0.2, 0.25) is 0 Å². The first kappa shape index (κ1) is 13.8. The number of aromatic amines is 1. The molecule has 2 aromatic rings. The van der Waals surface area contributed by atoms with Crippen molar-refractivity contribution in [1.29, 1.82) is 0 Å². The van der Waals surface area contributed by atoms with E-state index in [-0.39, 0.29) is 23.3 Å². The molecule has 5 rings (SSSR count). The van der Waals surface area contributed by atoms with Gasteiger partial charge in [-0.2, -0.15) is 0 Å². The summed E-state index contributed by atoms with van der Waals surface area (Å²) in [7, 11) is 0. The van der Waals surface area contributed by atoms with Crippen molar-refractivity contribution < 1.29 is 9.53 Å². The molecule has 1 saturated heterocycles. The van der Waals surface area contributed by atoms with Crippen molar-refractivity contribution in [3.63, 3.8) is 0 Å². The maximum absolute atomic E-state index is 13.0. The van der Waals surface area contributed by atoms with Crippen LogP contribution in [-0.2, 0) is 16.1 Å². The number of carbonyl (C=O) groups excluding carboxylic acids is 1. The summed E-state index contributed by atoms with van der Waals surface area (Å²) in [6.07, 6.45) is 1.74. The Morgan fingerprint density at radius 2 is 2.08 bits per heavy atom. The van der Waals surface area contributed by atoms with Crippen LogP contribution >= 0.6 is 0 Å². The van der Waals surface area contributed by atoms with Gasteiger partial charge >= 0.3 is 0 Å². The number of piperidine rings is 1. The minimum Gasteiger partial charge on any atom is -0.498 e. The monoisotopic (exact) mass is 322 g/mol. The Labute approximate surface area is 138 Å². The number of carbonyl (C=O) groups is 1. The quantitative estimate of drug-likeness (QED) is 0.811. The molecule has 4 heterocycles. The van der Waals surface area contributed by atoms with Gasteiger partial charge in [-0.05, 0) is 37.8 Å². The summed E-state index contributed by atoms with van der Waals surface area (Å²) in [5.74, 6) is 1.01. The number of ether oxygens (including phenoxy) is 1. The van der Waals surface area contributed by atoms with Crippen LogP contribution in [0.15, 0.2) is 40.4 Å². The van der Waals surface area contributed by atoms with E-state index in [0.29, 0.717) is 18.5 Å². The number of hydrogen-bond donors (Lipinski definition) is 1. The van der Waals surface area contributed by atoms with Gasteiger partial charge < -0.3 is 14.6 Å². The van der Waals surface area contributed by atoms with Crippen LogP contribution in [0.1, 0.15) is 37.1 Å². The van der Waals surface area contributed by atoms with E-state index < -0.39 is 0 Å². The molecule has 1 N–H and O–H groups in total. The van der Waals surface area contributed by atoms with E-state index in [1.165, 1.54) is 0 Å². The predicted molar refractivity (Wildman–Crippen MR) is 89.2 cm³/mol. The molecule has 2 atom stereocenters. The summed E-state index contributed by atoms with van der Waals surface area (Å²) in [5.41, 5.74) is 3.37. The van der Waals surface area contributed by atoms with E-state index >= 15 is 0 Å². The number of nitrogens with one attached hydrogen (secondary N) is 1. The lowest BCUT2D eigenvalue weighted by Crippen LogP contribution is -2.41. The zero-order valence-corrected chi connectivity index (χ0v) is 13.5. The Bertz CT molecular complexity index is 972. The number of benzene rings is 1. The molecule has 0 saturated carbocycles. The normalized spacial score (nSPS) is 25.4. The lowest BCUT2D eigenvalue weighted by atomic mass is 9.82. The SMILES string of the molecule is CC1=C2C(=O)N3Cc4c([nH]c5ccccc5c4=O)[C@@H]3C[C@@H]2CCO1. The van der Waals surface area contributed by atoms with Crippen molar-refractivity contribution in [2.75, 3.05) is 6.61 Å². The minimum absolute atomic E-state index is 0.0237. The van der Waals surface area contributed by atoms with E-state index in [4.69, 9.17) is 4.74 Å². The van der Waals surface area contributed by atoms with E-state index in [9.17, 15) is 9.59 Å². The number of hydrogen-bond acceptors (Lipinski definition) is 3. The zero-order chi connectivity index (χ0) is 16.4. The number of para-hydroxylation sites is 1. The fraction of sp³-hybridized carbons (Fsp3) is 0.368. The largest absolute Gasteiger partial charge is 0.498 e. The molecule has 122 valence electrons. The Morgan fingerprint density at radius 3 is 2.96 bits per heavy atom. The lowest BCUT2D eigenvalue weighted by molar-refractivity contribution is -0.133. The molecule has 5 nitrogen and oxygen atoms in total. The molecule has 0 bridgehead atoms. The topological polar surface area (TPSA) is 62.4 Å². The van der Waals surface area contributed by atoms with Crippen LogP contribution in [0.4, 0.5) is 0 Å². The molecule has 1 amide bonds. The second-order valence-corrected chi connectivity index (χ2v) is 6.88. The van der Waals surface area contributed by atoms with Crippen LogP contribution in [0, 0.1) is 5.92 Å². The third kappa shape index (κ3) is 1.70. The minimum atomic E-state index is -0.0237. The molecular weight excluding hydrogens is 304 g/mol. The average Bonchev–Trinajstić information content (AvgIpc) is 2.95. The molecule has 1 aromatic carbocycles. The third-order valence-electron chi connectivity index (χ3n) is 5.65. The van der Waals surface area contributed by atoms with Crippen LogP contribution in [0.3, 0.4) is 0 Å². The van der Waals surface area contributed by atoms with Crippen LogP contribution in [0.5, 0.6) is 0 Å². The molecule has 5 heteroatoms. The molecule has 0 unspecified atom stereocenters. The predicted octanol–water partition coefficient (Wildman–Crippen LogP) is 2.63. The molecule has 24 heavy (non-hydrogen) atoms. The highest BCUT2D eigenvalue weighted by molar-refractivity contribution is 5.96. The number of amides is 1. The molecular formula is C19H18N2O3. The number of fused-ring (bicyclic) bond motifs is 5. The van der Waals surface area contributed by atoms with Crippen molar-refractivity contribution in [3.8, 4) is 0 Å². The molecule has 0 aliphatic carbocycles. The van der Waals surface area contributed by atoms with Crippen molar-refractivity contribution in [1.82, 2.24) is 9.88 Å². The highest BCUT2D eigenvalue weighted by Crippen LogP contribution is 2.46. The zero-order valence-electron chi connectivity index (χ0n) is 13.5. The van der Waals surface area contributed by atoms with Crippen LogP contribution in [0.25, 0.3) is 10.9 Å². The standard InChI is InChI=1S/C19H18N2O3/c1-10-16-11(6-7-24-10)8-15-17-13(9-21(15)19(16)23)18(22)12-4-2-3-5-14(12)20-17/h2-5,11,15H,6-9H2,1H3,(H,20,22)/t11-,15-/m0/s1. The summed E-state index contributed by atoms with van der Waals surface area (Å²) in [6.45, 7) is 2.94. The van der Waals surface area contributed by atoms with Crippen molar-refractivity contribution in [3.05, 3.63) is 57.1 Å². The second kappa shape index (κ2) is 4.72. The number of aromatic nitrogens is 1. The average molecular weight is 322 g/mol. The second-order valence-electron chi connectivity index (χ2n) is 6.88. The summed E-state index contributed by atoms with van der Waals surface area (Å²) in [4.78, 5) is 31.1. The number of rotatable bonds is 0. The van der Waals surface area contributed by atoms with E-state index in [1.807, 2.05) is 36.1 Å². The Balaban J connectivity index is 1.69. The summed E-state index contributed by atoms with van der Waals surface area (Å²) < 4.78 is 5.59. The summed E-state index contributed by atoms with van der Waals surface area (Å²) in [5, 5.41) is 0.694. The Morgan fingerprint density at radius 1 is 1.25 bits per heavy atom. The van der Waals surface area contributed by atoms with E-state index in [2.05, 4.69) is 4.98 Å². The van der Waals surface area contributed by atoms with Crippen molar-refractivity contribution >= 4 is 16.8 Å². The number of H-pyrrole nitrogens is 1. The van der Waals surface area contributed by atoms with Gasteiger partial charge in [-0.1, -0.05) is 12.1 Å². The summed E-state index contributed by atoms with van der Waals surface area (Å²) in [6, 6.07) is 7.54. The van der Waals surface area contributed by atoms with E-state index in [0.717, 1.165) is 40.9 Å². The van der Waals surface area contributed by atoms with Crippen LogP contribution in [0.2, 0.25) is 0 Å². The highest BCUT2D eigenvalue weighted by Gasteiger charge is 2.46. The maximum Gasteiger partial charge on any atom is 0.254 e. The van der Waals surface area contributed by atoms with Crippen molar-refractivity contribution in [2.45, 2.75) is 32.4 Å². The smallest absolute Gasteiger partial charge is 0.254 e. The molecule has 0 radical (unpaired) electrons. The van der Waals surface area contributed by atoms with Gasteiger partial charge in [-0.15, -0.1) is 0 Å².